The summed E-state index contributed by atoms with van der Waals surface area (Å²) in [5.74, 6) is -3.53. The molecule has 7 nitrogen and oxygen atoms in total. The van der Waals surface area contributed by atoms with Gasteiger partial charge in [0.1, 0.15) is 0 Å². The fourth-order valence-corrected chi connectivity index (χ4v) is 1.47. The van der Waals surface area contributed by atoms with Crippen molar-refractivity contribution in [2.24, 2.45) is 5.73 Å². The number of rotatable bonds is 4. The Balaban J connectivity index is 5.22. The van der Waals surface area contributed by atoms with Gasteiger partial charge in [0.05, 0.1) is 0 Å². The highest BCUT2D eigenvalue weighted by Gasteiger charge is 2.54. The van der Waals surface area contributed by atoms with E-state index in [0.29, 0.717) is 0 Å². The van der Waals surface area contributed by atoms with Gasteiger partial charge in [-0.05, 0) is 19.9 Å². The SMILES string of the molecule is CC(CCN)(C(O)(O)O)S(=O)(=O)O. The molecule has 1 atom stereocenters. The van der Waals surface area contributed by atoms with Gasteiger partial charge in [-0.15, -0.1) is 0 Å². The molecule has 0 radical (unpaired) electrons. The summed E-state index contributed by atoms with van der Waals surface area (Å²) in [6, 6.07) is 0. The van der Waals surface area contributed by atoms with Crippen LogP contribution < -0.4 is 5.73 Å². The van der Waals surface area contributed by atoms with Gasteiger partial charge in [-0.25, -0.2) is 0 Å². The van der Waals surface area contributed by atoms with Gasteiger partial charge >= 0.3 is 0 Å². The Labute approximate surface area is 75.6 Å². The van der Waals surface area contributed by atoms with Crippen LogP contribution in [0.3, 0.4) is 0 Å². The van der Waals surface area contributed by atoms with Gasteiger partial charge in [-0.2, -0.15) is 8.42 Å². The highest BCUT2D eigenvalue weighted by Crippen LogP contribution is 2.29. The van der Waals surface area contributed by atoms with Crippen LogP contribution in [-0.2, 0) is 10.1 Å². The van der Waals surface area contributed by atoms with Crippen LogP contribution in [-0.4, -0.2) is 45.6 Å². The van der Waals surface area contributed by atoms with Crippen LogP contribution in [0.2, 0.25) is 0 Å². The maximum absolute atomic E-state index is 10.7. The van der Waals surface area contributed by atoms with Gasteiger partial charge < -0.3 is 21.1 Å². The summed E-state index contributed by atoms with van der Waals surface area (Å²) >= 11 is 0. The minimum Gasteiger partial charge on any atom is -0.342 e. The van der Waals surface area contributed by atoms with Crippen molar-refractivity contribution in [3.8, 4) is 0 Å². The number of hydrogen-bond acceptors (Lipinski definition) is 6. The van der Waals surface area contributed by atoms with Crippen LogP contribution in [0, 0.1) is 0 Å². The molecule has 0 saturated heterocycles. The molecule has 0 aliphatic carbocycles. The monoisotopic (exact) mass is 215 g/mol. The Morgan fingerprint density at radius 2 is 1.69 bits per heavy atom. The maximum atomic E-state index is 10.7. The highest BCUT2D eigenvalue weighted by molar-refractivity contribution is 7.87. The first-order valence-electron chi connectivity index (χ1n) is 3.40. The summed E-state index contributed by atoms with van der Waals surface area (Å²) in [5, 5.41) is 26.2. The molecule has 0 spiro atoms. The standard InChI is InChI=1S/C5H13NO6S/c1-4(2-3-6,5(7,8)9)13(10,11)12/h7-9H,2-3,6H2,1H3,(H,10,11,12). The average Bonchev–Trinajstić information content (AvgIpc) is 1.82. The van der Waals surface area contributed by atoms with Gasteiger partial charge in [0, 0.05) is 0 Å². The summed E-state index contributed by atoms with van der Waals surface area (Å²) in [4.78, 5) is 0. The van der Waals surface area contributed by atoms with Gasteiger partial charge in [0.25, 0.3) is 16.1 Å². The van der Waals surface area contributed by atoms with Crippen molar-refractivity contribution in [1.29, 1.82) is 0 Å². The largest absolute Gasteiger partial charge is 0.342 e. The number of aliphatic hydroxyl groups is 3. The van der Waals surface area contributed by atoms with Crippen molar-refractivity contribution in [3.05, 3.63) is 0 Å². The van der Waals surface area contributed by atoms with E-state index in [9.17, 15) is 8.42 Å². The lowest BCUT2D eigenvalue weighted by Gasteiger charge is -2.33. The van der Waals surface area contributed by atoms with Crippen LogP contribution in [0.1, 0.15) is 13.3 Å². The first-order chi connectivity index (χ1) is 5.56. The minimum absolute atomic E-state index is 0.236. The van der Waals surface area contributed by atoms with Gasteiger partial charge in [0.2, 0.25) is 0 Å². The second-order valence-electron chi connectivity index (χ2n) is 2.88. The van der Waals surface area contributed by atoms with Crippen LogP contribution >= 0.6 is 0 Å². The van der Waals surface area contributed by atoms with E-state index in [4.69, 9.17) is 25.6 Å². The van der Waals surface area contributed by atoms with E-state index in [0.717, 1.165) is 6.92 Å². The molecule has 0 saturated carbocycles. The number of hydrogen-bond donors (Lipinski definition) is 5. The number of nitrogens with two attached hydrogens (primary N) is 1. The molecule has 0 aromatic carbocycles. The Bertz CT molecular complexity index is 267. The Hall–Kier alpha value is -0.250. The van der Waals surface area contributed by atoms with E-state index >= 15 is 0 Å². The first-order valence-corrected chi connectivity index (χ1v) is 4.84. The van der Waals surface area contributed by atoms with Crippen molar-refractivity contribution in [1.82, 2.24) is 0 Å². The lowest BCUT2D eigenvalue weighted by molar-refractivity contribution is -0.330. The molecule has 0 bridgehead atoms. The van der Waals surface area contributed by atoms with E-state index in [2.05, 4.69) is 0 Å². The van der Waals surface area contributed by atoms with Crippen molar-refractivity contribution >= 4 is 10.1 Å². The minimum atomic E-state index is -4.81. The summed E-state index contributed by atoms with van der Waals surface area (Å²) < 4.78 is 27.6. The molecule has 0 heterocycles. The molecule has 0 fully saturated rings. The van der Waals surface area contributed by atoms with E-state index in [-0.39, 0.29) is 6.54 Å². The lowest BCUT2D eigenvalue weighted by Crippen LogP contribution is -2.57. The van der Waals surface area contributed by atoms with Gasteiger partial charge in [-0.3, -0.25) is 4.55 Å². The molecular formula is C5H13NO6S. The zero-order valence-corrected chi connectivity index (χ0v) is 7.82. The third kappa shape index (κ3) is 2.36. The zero-order valence-electron chi connectivity index (χ0n) is 7.01. The summed E-state index contributed by atoms with van der Waals surface area (Å²) in [6.45, 7) is 0.537. The van der Waals surface area contributed by atoms with Gasteiger partial charge in [0.15, 0.2) is 4.75 Å². The molecule has 0 aromatic rings. The lowest BCUT2D eigenvalue weighted by atomic mass is 10.0. The molecule has 8 heteroatoms. The fraction of sp³-hybridized carbons (Fsp3) is 1.00. The fourth-order valence-electron chi connectivity index (χ4n) is 0.745. The molecule has 6 N–H and O–H groups in total. The maximum Gasteiger partial charge on any atom is 0.298 e. The molecule has 13 heavy (non-hydrogen) atoms. The highest BCUT2D eigenvalue weighted by atomic mass is 32.2. The van der Waals surface area contributed by atoms with Crippen LogP contribution in [0.5, 0.6) is 0 Å². The van der Waals surface area contributed by atoms with E-state index in [1.54, 1.807) is 0 Å². The normalized spacial score (nSPS) is 18.3. The molecule has 0 aliphatic heterocycles. The van der Waals surface area contributed by atoms with Crippen molar-refractivity contribution in [2.45, 2.75) is 24.1 Å². The zero-order chi connectivity index (χ0) is 10.9. The van der Waals surface area contributed by atoms with E-state index in [1.807, 2.05) is 0 Å². The Morgan fingerprint density at radius 1 is 1.31 bits per heavy atom. The predicted molar refractivity (Wildman–Crippen MR) is 43.0 cm³/mol. The van der Waals surface area contributed by atoms with Crippen molar-refractivity contribution in [2.75, 3.05) is 6.54 Å². The van der Waals surface area contributed by atoms with E-state index < -0.39 is 27.3 Å². The quantitative estimate of drug-likeness (QED) is 0.260. The molecule has 0 aromatic heterocycles. The third-order valence-electron chi connectivity index (χ3n) is 1.90. The summed E-state index contributed by atoms with van der Waals surface area (Å²) in [7, 11) is -4.81. The molecule has 0 amide bonds. The second kappa shape index (κ2) is 3.48. The third-order valence-corrected chi connectivity index (χ3v) is 3.52. The van der Waals surface area contributed by atoms with Crippen LogP contribution in [0.4, 0.5) is 0 Å². The second-order valence-corrected chi connectivity index (χ2v) is 4.73. The summed E-state index contributed by atoms with van der Waals surface area (Å²) in [6.07, 6.45) is -0.491. The molecule has 0 aliphatic rings. The molecule has 80 valence electrons. The smallest absolute Gasteiger partial charge is 0.298 e. The topological polar surface area (TPSA) is 141 Å². The van der Waals surface area contributed by atoms with Crippen LogP contribution in [0.25, 0.3) is 0 Å². The Morgan fingerprint density at radius 3 is 1.77 bits per heavy atom. The van der Waals surface area contributed by atoms with Gasteiger partial charge in [-0.1, -0.05) is 0 Å². The predicted octanol–water partition coefficient (Wildman–Crippen LogP) is -2.39. The average molecular weight is 215 g/mol. The molecule has 0 rings (SSSR count). The Kier molecular flexibility index (Phi) is 3.41. The molecule has 1 unspecified atom stereocenters. The van der Waals surface area contributed by atoms with Crippen molar-refractivity contribution in [3.63, 3.8) is 0 Å². The van der Waals surface area contributed by atoms with Crippen molar-refractivity contribution < 1.29 is 28.3 Å². The van der Waals surface area contributed by atoms with Crippen LogP contribution in [0.15, 0.2) is 0 Å². The molecular weight excluding hydrogens is 202 g/mol. The van der Waals surface area contributed by atoms with E-state index in [1.165, 1.54) is 0 Å². The summed E-state index contributed by atoms with van der Waals surface area (Å²) in [5.41, 5.74) is 5.00. The first kappa shape index (κ1) is 12.8.